The molecule has 0 aliphatic heterocycles. The minimum Gasteiger partial charge on any atom is -0.383 e. The van der Waals surface area contributed by atoms with Gasteiger partial charge in [0.2, 0.25) is 6.10 Å². The van der Waals surface area contributed by atoms with E-state index in [1.54, 1.807) is 30.3 Å². The molecule has 1 unspecified atom stereocenters. The number of anilines is 1. The van der Waals surface area contributed by atoms with Crippen LogP contribution >= 0.6 is 0 Å². The van der Waals surface area contributed by atoms with Gasteiger partial charge in [-0.25, -0.2) is 0 Å². The number of nitrogens with zero attached hydrogens (tertiary/aromatic N) is 2. The average molecular weight is 355 g/mol. The highest BCUT2D eigenvalue weighted by molar-refractivity contribution is 5.96. The molecule has 0 radical (unpaired) electrons. The highest BCUT2D eigenvalue weighted by Crippen LogP contribution is 2.12. The molecule has 0 aliphatic rings. The lowest BCUT2D eigenvalue weighted by molar-refractivity contribution is -0.384. The number of carbonyl (C=O) groups is 2. The molecule has 1 amide bonds. The summed E-state index contributed by atoms with van der Waals surface area (Å²) in [6.45, 7) is 2.98. The van der Waals surface area contributed by atoms with Crippen molar-refractivity contribution < 1.29 is 19.3 Å². The van der Waals surface area contributed by atoms with Crippen LogP contribution in [0.1, 0.15) is 29.8 Å². The summed E-state index contributed by atoms with van der Waals surface area (Å²) in [5.41, 5.74) is 1.49. The van der Waals surface area contributed by atoms with Gasteiger partial charge in [0.05, 0.1) is 11.1 Å². The molecule has 0 spiro atoms. The van der Waals surface area contributed by atoms with Gasteiger partial charge in [0.1, 0.15) is 0 Å². The van der Waals surface area contributed by atoms with Crippen LogP contribution in [0.15, 0.2) is 53.7 Å². The standard InChI is InChI=1S/C18H17N3O5/c1-12(22)15-6-8-16(9-7-15)20-18(23)13(2)26-19-11-14-4-3-5-17(10-14)21(24)25/h3-11,13H,1-2H3,(H,20,23)/b19-11+. The average Bonchev–Trinajstić information content (AvgIpc) is 2.62. The number of hydrogen-bond donors (Lipinski definition) is 1. The molecular formula is C18H17N3O5. The summed E-state index contributed by atoms with van der Waals surface area (Å²) >= 11 is 0. The lowest BCUT2D eigenvalue weighted by Gasteiger charge is -2.10. The highest BCUT2D eigenvalue weighted by Gasteiger charge is 2.14. The van der Waals surface area contributed by atoms with Crippen LogP contribution in [-0.2, 0) is 9.63 Å². The number of carbonyl (C=O) groups excluding carboxylic acids is 2. The summed E-state index contributed by atoms with van der Waals surface area (Å²) in [6.07, 6.45) is 0.413. The molecule has 0 saturated carbocycles. The number of non-ortho nitro benzene ring substituents is 1. The fraction of sp³-hybridized carbons (Fsp3) is 0.167. The van der Waals surface area contributed by atoms with Crippen molar-refractivity contribution in [2.45, 2.75) is 20.0 Å². The van der Waals surface area contributed by atoms with Crippen LogP contribution in [0.4, 0.5) is 11.4 Å². The van der Waals surface area contributed by atoms with E-state index in [1.807, 2.05) is 0 Å². The molecule has 1 N–H and O–H groups in total. The Morgan fingerprint density at radius 3 is 2.54 bits per heavy atom. The summed E-state index contributed by atoms with van der Waals surface area (Å²) < 4.78 is 0. The Hall–Kier alpha value is -3.55. The second-order valence-electron chi connectivity index (χ2n) is 5.46. The molecule has 134 valence electrons. The molecule has 2 aromatic rings. The van der Waals surface area contributed by atoms with Crippen LogP contribution < -0.4 is 5.32 Å². The van der Waals surface area contributed by atoms with Crippen molar-refractivity contribution in [3.05, 3.63) is 69.8 Å². The molecule has 8 heteroatoms. The van der Waals surface area contributed by atoms with E-state index in [4.69, 9.17) is 4.84 Å². The molecular weight excluding hydrogens is 338 g/mol. The van der Waals surface area contributed by atoms with E-state index >= 15 is 0 Å². The summed E-state index contributed by atoms with van der Waals surface area (Å²) in [7, 11) is 0. The molecule has 0 saturated heterocycles. The minimum absolute atomic E-state index is 0.0601. The summed E-state index contributed by atoms with van der Waals surface area (Å²) in [4.78, 5) is 38.6. The van der Waals surface area contributed by atoms with Crippen molar-refractivity contribution in [3.63, 3.8) is 0 Å². The van der Waals surface area contributed by atoms with Gasteiger partial charge in [0.15, 0.2) is 5.78 Å². The number of hydrogen-bond acceptors (Lipinski definition) is 6. The first-order valence-electron chi connectivity index (χ1n) is 7.72. The number of benzene rings is 2. The van der Waals surface area contributed by atoms with E-state index in [9.17, 15) is 19.7 Å². The van der Waals surface area contributed by atoms with E-state index in [1.165, 1.54) is 38.3 Å². The first kappa shape index (κ1) is 18.8. The van der Waals surface area contributed by atoms with E-state index in [2.05, 4.69) is 10.5 Å². The molecule has 26 heavy (non-hydrogen) atoms. The zero-order valence-electron chi connectivity index (χ0n) is 14.2. The van der Waals surface area contributed by atoms with Crippen LogP contribution in [0.25, 0.3) is 0 Å². The van der Waals surface area contributed by atoms with Gasteiger partial charge in [-0.05, 0) is 38.1 Å². The van der Waals surface area contributed by atoms with E-state index in [0.29, 0.717) is 16.8 Å². The van der Waals surface area contributed by atoms with Crippen molar-refractivity contribution >= 4 is 29.3 Å². The topological polar surface area (TPSA) is 111 Å². The van der Waals surface area contributed by atoms with Crippen molar-refractivity contribution in [2.75, 3.05) is 5.32 Å². The summed E-state index contributed by atoms with van der Waals surface area (Å²) in [6, 6.07) is 12.3. The van der Waals surface area contributed by atoms with Gasteiger partial charge in [-0.15, -0.1) is 0 Å². The zero-order chi connectivity index (χ0) is 19.1. The molecule has 0 aliphatic carbocycles. The fourth-order valence-electron chi connectivity index (χ4n) is 1.98. The normalized spacial score (nSPS) is 11.8. The van der Waals surface area contributed by atoms with Crippen molar-refractivity contribution in [3.8, 4) is 0 Å². The lowest BCUT2D eigenvalue weighted by atomic mass is 10.1. The van der Waals surface area contributed by atoms with Gasteiger partial charge in [-0.1, -0.05) is 17.3 Å². The number of oxime groups is 1. The Labute approximate surface area is 149 Å². The molecule has 2 rings (SSSR count). The predicted molar refractivity (Wildman–Crippen MR) is 96.3 cm³/mol. The molecule has 0 heterocycles. The smallest absolute Gasteiger partial charge is 0.270 e. The van der Waals surface area contributed by atoms with Gasteiger partial charge in [0, 0.05) is 28.9 Å². The minimum atomic E-state index is -0.877. The third-order valence-electron chi connectivity index (χ3n) is 3.43. The first-order chi connectivity index (χ1) is 12.4. The predicted octanol–water partition coefficient (Wildman–Crippen LogP) is 3.18. The number of nitro groups is 1. The Bertz CT molecular complexity index is 846. The van der Waals surface area contributed by atoms with E-state index in [-0.39, 0.29) is 11.5 Å². The maximum absolute atomic E-state index is 12.1. The number of nitro benzene ring substituents is 1. The van der Waals surface area contributed by atoms with Crippen LogP contribution in [-0.4, -0.2) is 28.9 Å². The first-order valence-corrected chi connectivity index (χ1v) is 7.72. The van der Waals surface area contributed by atoms with Crippen molar-refractivity contribution in [1.82, 2.24) is 0 Å². The molecule has 0 bridgehead atoms. The number of amides is 1. The number of ketones is 1. The molecule has 2 aromatic carbocycles. The van der Waals surface area contributed by atoms with E-state index in [0.717, 1.165) is 0 Å². The summed E-state index contributed by atoms with van der Waals surface area (Å²) in [5.74, 6) is -0.480. The van der Waals surface area contributed by atoms with Gasteiger partial charge in [0.25, 0.3) is 11.6 Å². The van der Waals surface area contributed by atoms with Crippen LogP contribution in [0.5, 0.6) is 0 Å². The third kappa shape index (κ3) is 5.23. The third-order valence-corrected chi connectivity index (χ3v) is 3.43. The Morgan fingerprint density at radius 2 is 1.92 bits per heavy atom. The SMILES string of the molecule is CC(=O)c1ccc(NC(=O)C(C)O/N=C/c2cccc([N+](=O)[O-])c2)cc1. The quantitative estimate of drug-likeness (QED) is 0.355. The van der Waals surface area contributed by atoms with Crippen LogP contribution in [0.2, 0.25) is 0 Å². The van der Waals surface area contributed by atoms with Gasteiger partial charge in [-0.2, -0.15) is 0 Å². The Kier molecular flexibility index (Phi) is 6.15. The second-order valence-corrected chi connectivity index (χ2v) is 5.46. The zero-order valence-corrected chi connectivity index (χ0v) is 14.2. The fourth-order valence-corrected chi connectivity index (χ4v) is 1.98. The van der Waals surface area contributed by atoms with E-state index < -0.39 is 16.9 Å². The molecule has 1 atom stereocenters. The van der Waals surface area contributed by atoms with Crippen LogP contribution in [0.3, 0.4) is 0 Å². The van der Waals surface area contributed by atoms with Crippen molar-refractivity contribution in [1.29, 1.82) is 0 Å². The largest absolute Gasteiger partial charge is 0.383 e. The Morgan fingerprint density at radius 1 is 1.23 bits per heavy atom. The lowest BCUT2D eigenvalue weighted by Crippen LogP contribution is -2.26. The molecule has 0 aromatic heterocycles. The highest BCUT2D eigenvalue weighted by atomic mass is 16.6. The van der Waals surface area contributed by atoms with Gasteiger partial charge >= 0.3 is 0 Å². The monoisotopic (exact) mass is 355 g/mol. The summed E-state index contributed by atoms with van der Waals surface area (Å²) in [5, 5.41) is 17.0. The van der Waals surface area contributed by atoms with Crippen LogP contribution in [0, 0.1) is 10.1 Å². The Balaban J connectivity index is 1.91. The maximum Gasteiger partial charge on any atom is 0.270 e. The van der Waals surface area contributed by atoms with Crippen molar-refractivity contribution in [2.24, 2.45) is 5.16 Å². The number of rotatable bonds is 7. The maximum atomic E-state index is 12.1. The molecule has 8 nitrogen and oxygen atoms in total. The number of nitrogens with one attached hydrogen (secondary N) is 1. The second kappa shape index (κ2) is 8.52. The van der Waals surface area contributed by atoms with Gasteiger partial charge < -0.3 is 10.2 Å². The van der Waals surface area contributed by atoms with Gasteiger partial charge in [-0.3, -0.25) is 19.7 Å². The number of Topliss-reactive ketones (excluding diaryl/α,β-unsaturated/α-hetero) is 1. The molecule has 0 fully saturated rings.